The minimum absolute atomic E-state index is 0.473. The van der Waals surface area contributed by atoms with Crippen molar-refractivity contribution in [2.75, 3.05) is 0 Å². The van der Waals surface area contributed by atoms with E-state index < -0.39 is 0 Å². The normalized spacial score (nSPS) is 32.5. The zero-order chi connectivity index (χ0) is 12.7. The van der Waals surface area contributed by atoms with E-state index in [0.717, 1.165) is 0 Å². The lowest BCUT2D eigenvalue weighted by atomic mass is 9.81. The lowest BCUT2D eigenvalue weighted by molar-refractivity contribution is 0.164. The first-order chi connectivity index (χ1) is 9.42. The fourth-order valence-electron chi connectivity index (χ4n) is 4.04. The van der Waals surface area contributed by atoms with Gasteiger partial charge in [-0.2, -0.15) is 0 Å². The number of rotatable bonds is 1. The van der Waals surface area contributed by atoms with E-state index >= 15 is 0 Å². The standard InChI is InChI=1S/C18H22O/c1-2-6-13(7-3-1)14-10-11-18-16(12-14)15-8-4-5-9-17(15)19-18/h2,6,10-13,15,17H,1,3-5,7-9H2. The van der Waals surface area contributed by atoms with Gasteiger partial charge in [0.1, 0.15) is 11.9 Å². The number of allylic oxidation sites excluding steroid dienone is 2. The zero-order valence-corrected chi connectivity index (χ0v) is 11.5. The predicted octanol–water partition coefficient (Wildman–Crippen LogP) is 4.93. The lowest BCUT2D eigenvalue weighted by Gasteiger charge is -2.24. The Labute approximate surface area is 115 Å². The fraction of sp³-hybridized carbons (Fsp3) is 0.556. The molecule has 0 aromatic heterocycles. The minimum atomic E-state index is 0.473. The molecule has 0 saturated heterocycles. The fourth-order valence-corrected chi connectivity index (χ4v) is 4.04. The molecular formula is C18H22O. The minimum Gasteiger partial charge on any atom is -0.489 e. The molecule has 100 valence electrons. The Morgan fingerprint density at radius 3 is 2.84 bits per heavy atom. The van der Waals surface area contributed by atoms with Crippen LogP contribution in [0.15, 0.2) is 30.4 Å². The highest BCUT2D eigenvalue weighted by Gasteiger charge is 2.36. The molecule has 0 radical (unpaired) electrons. The van der Waals surface area contributed by atoms with Gasteiger partial charge in [0.05, 0.1) is 0 Å². The molecule has 1 nitrogen and oxygen atoms in total. The molecule has 0 bridgehead atoms. The molecule has 2 aliphatic carbocycles. The van der Waals surface area contributed by atoms with E-state index in [9.17, 15) is 0 Å². The van der Waals surface area contributed by atoms with Crippen LogP contribution in [0.5, 0.6) is 5.75 Å². The Morgan fingerprint density at radius 2 is 1.95 bits per heavy atom. The third-order valence-corrected chi connectivity index (χ3v) is 5.10. The van der Waals surface area contributed by atoms with Crippen molar-refractivity contribution in [1.29, 1.82) is 0 Å². The second kappa shape index (κ2) is 4.70. The topological polar surface area (TPSA) is 9.23 Å². The summed E-state index contributed by atoms with van der Waals surface area (Å²) in [4.78, 5) is 0. The molecule has 1 heteroatoms. The molecule has 1 fully saturated rings. The van der Waals surface area contributed by atoms with Crippen LogP contribution in [-0.2, 0) is 0 Å². The molecule has 1 aromatic rings. The number of fused-ring (bicyclic) bond motifs is 3. The Hall–Kier alpha value is -1.24. The van der Waals surface area contributed by atoms with Crippen LogP contribution in [0.2, 0.25) is 0 Å². The van der Waals surface area contributed by atoms with E-state index in [2.05, 4.69) is 30.4 Å². The van der Waals surface area contributed by atoms with Gasteiger partial charge in [0.2, 0.25) is 0 Å². The van der Waals surface area contributed by atoms with Crippen LogP contribution in [-0.4, -0.2) is 6.10 Å². The van der Waals surface area contributed by atoms with Gasteiger partial charge in [0.25, 0.3) is 0 Å². The number of hydrogen-bond acceptors (Lipinski definition) is 1. The van der Waals surface area contributed by atoms with Crippen molar-refractivity contribution < 1.29 is 4.74 Å². The molecule has 1 heterocycles. The summed E-state index contributed by atoms with van der Waals surface area (Å²) < 4.78 is 6.14. The van der Waals surface area contributed by atoms with Crippen LogP contribution in [0, 0.1) is 0 Å². The van der Waals surface area contributed by atoms with E-state index in [1.807, 2.05) is 0 Å². The van der Waals surface area contributed by atoms with Gasteiger partial charge in [-0.05, 0) is 50.2 Å². The first kappa shape index (κ1) is 11.6. The summed E-state index contributed by atoms with van der Waals surface area (Å²) in [6.45, 7) is 0. The van der Waals surface area contributed by atoms with Crippen LogP contribution in [0.4, 0.5) is 0 Å². The Bertz CT molecular complexity index is 502. The van der Waals surface area contributed by atoms with Gasteiger partial charge in [-0.15, -0.1) is 0 Å². The molecule has 19 heavy (non-hydrogen) atoms. The number of benzene rings is 1. The molecule has 1 saturated carbocycles. The second-order valence-electron chi connectivity index (χ2n) is 6.31. The summed E-state index contributed by atoms with van der Waals surface area (Å²) in [5.74, 6) is 2.48. The molecule has 3 unspecified atom stereocenters. The van der Waals surface area contributed by atoms with Crippen molar-refractivity contribution in [3.05, 3.63) is 41.5 Å². The average Bonchev–Trinajstić information content (AvgIpc) is 2.86. The van der Waals surface area contributed by atoms with Gasteiger partial charge in [0, 0.05) is 17.4 Å². The van der Waals surface area contributed by atoms with Gasteiger partial charge in [-0.3, -0.25) is 0 Å². The maximum atomic E-state index is 6.14. The third-order valence-electron chi connectivity index (χ3n) is 5.10. The summed E-state index contributed by atoms with van der Waals surface area (Å²) in [6, 6.07) is 6.97. The average molecular weight is 254 g/mol. The predicted molar refractivity (Wildman–Crippen MR) is 77.8 cm³/mol. The van der Waals surface area contributed by atoms with Crippen molar-refractivity contribution in [2.45, 2.75) is 62.9 Å². The number of ether oxygens (including phenoxy) is 1. The van der Waals surface area contributed by atoms with Crippen LogP contribution < -0.4 is 4.74 Å². The van der Waals surface area contributed by atoms with Crippen molar-refractivity contribution >= 4 is 0 Å². The molecule has 0 amide bonds. The molecule has 3 aliphatic rings. The molecule has 1 aliphatic heterocycles. The van der Waals surface area contributed by atoms with E-state index in [0.29, 0.717) is 17.9 Å². The summed E-state index contributed by atoms with van der Waals surface area (Å²) >= 11 is 0. The molecule has 4 rings (SSSR count). The number of hydrogen-bond donors (Lipinski definition) is 0. The van der Waals surface area contributed by atoms with Crippen LogP contribution in [0.25, 0.3) is 0 Å². The van der Waals surface area contributed by atoms with Crippen molar-refractivity contribution in [2.24, 2.45) is 0 Å². The van der Waals surface area contributed by atoms with E-state index in [1.54, 1.807) is 0 Å². The third kappa shape index (κ3) is 2.00. The van der Waals surface area contributed by atoms with Gasteiger partial charge in [0.15, 0.2) is 0 Å². The van der Waals surface area contributed by atoms with Gasteiger partial charge in [-0.1, -0.05) is 30.7 Å². The molecule has 3 atom stereocenters. The van der Waals surface area contributed by atoms with Crippen molar-refractivity contribution in [3.8, 4) is 5.75 Å². The maximum Gasteiger partial charge on any atom is 0.123 e. The zero-order valence-electron chi connectivity index (χ0n) is 11.5. The Morgan fingerprint density at radius 1 is 1.00 bits per heavy atom. The van der Waals surface area contributed by atoms with Crippen LogP contribution in [0.3, 0.4) is 0 Å². The first-order valence-corrected chi connectivity index (χ1v) is 7.89. The van der Waals surface area contributed by atoms with E-state index in [4.69, 9.17) is 4.74 Å². The monoisotopic (exact) mass is 254 g/mol. The molecule has 1 aromatic carbocycles. The Balaban J connectivity index is 1.67. The summed E-state index contributed by atoms with van der Waals surface area (Å²) in [7, 11) is 0. The SMILES string of the molecule is C1=CC(c2ccc3c(c2)C2CCCCC2O3)CCC1. The summed E-state index contributed by atoms with van der Waals surface area (Å²) in [5, 5.41) is 0. The smallest absolute Gasteiger partial charge is 0.123 e. The highest BCUT2D eigenvalue weighted by molar-refractivity contribution is 5.45. The van der Waals surface area contributed by atoms with E-state index in [1.165, 1.54) is 61.8 Å². The van der Waals surface area contributed by atoms with Crippen molar-refractivity contribution in [1.82, 2.24) is 0 Å². The largest absolute Gasteiger partial charge is 0.489 e. The van der Waals surface area contributed by atoms with Gasteiger partial charge < -0.3 is 4.74 Å². The highest BCUT2D eigenvalue weighted by Crippen LogP contribution is 2.46. The van der Waals surface area contributed by atoms with E-state index in [-0.39, 0.29) is 0 Å². The maximum absolute atomic E-state index is 6.14. The highest BCUT2D eigenvalue weighted by atomic mass is 16.5. The van der Waals surface area contributed by atoms with Crippen molar-refractivity contribution in [3.63, 3.8) is 0 Å². The Kier molecular flexibility index (Phi) is 2.86. The first-order valence-electron chi connectivity index (χ1n) is 7.89. The molecular weight excluding hydrogens is 232 g/mol. The second-order valence-corrected chi connectivity index (χ2v) is 6.31. The van der Waals surface area contributed by atoms with Crippen LogP contribution in [0.1, 0.15) is 67.9 Å². The molecule has 0 spiro atoms. The quantitative estimate of drug-likeness (QED) is 0.646. The van der Waals surface area contributed by atoms with Gasteiger partial charge in [-0.25, -0.2) is 0 Å². The lowest BCUT2D eigenvalue weighted by Crippen LogP contribution is -2.22. The van der Waals surface area contributed by atoms with Crippen LogP contribution >= 0.6 is 0 Å². The van der Waals surface area contributed by atoms with Gasteiger partial charge >= 0.3 is 0 Å². The molecule has 0 N–H and O–H groups in total. The summed E-state index contributed by atoms with van der Waals surface area (Å²) in [5.41, 5.74) is 3.01. The summed E-state index contributed by atoms with van der Waals surface area (Å²) in [6.07, 6.45) is 14.4.